The lowest BCUT2D eigenvalue weighted by Gasteiger charge is -2.21. The Balaban J connectivity index is 1.64. The lowest BCUT2D eigenvalue weighted by Crippen LogP contribution is -2.26. The number of benzene rings is 1. The molecule has 3 rings (SSSR count). The molecule has 0 spiro atoms. The molecular weight excluding hydrogens is 311 g/mol. The van der Waals surface area contributed by atoms with Gasteiger partial charge in [-0.15, -0.1) is 5.10 Å². The number of nitrogens with zero attached hydrogens (tertiary/aromatic N) is 2. The molecule has 1 fully saturated rings. The third-order valence-electron chi connectivity index (χ3n) is 3.42. The molecule has 21 heavy (non-hydrogen) atoms. The monoisotopic (exact) mass is 326 g/mol. The average Bonchev–Trinajstić information content (AvgIpc) is 2.90. The molecule has 1 saturated heterocycles. The van der Waals surface area contributed by atoms with Crippen molar-refractivity contribution in [3.05, 3.63) is 46.1 Å². The average molecular weight is 327 g/mol. The Hall–Kier alpha value is -1.23. The van der Waals surface area contributed by atoms with Crippen LogP contribution in [0.3, 0.4) is 0 Å². The zero-order valence-electron chi connectivity index (χ0n) is 11.5. The van der Waals surface area contributed by atoms with Crippen LogP contribution in [0.1, 0.15) is 18.4 Å². The first-order valence-corrected chi connectivity index (χ1v) is 7.68. The summed E-state index contributed by atoms with van der Waals surface area (Å²) in [6.07, 6.45) is 3.91. The van der Waals surface area contributed by atoms with Crippen LogP contribution in [0.25, 0.3) is 0 Å². The van der Waals surface area contributed by atoms with Gasteiger partial charge in [0.2, 0.25) is 5.88 Å². The molecule has 1 aliphatic rings. The molecule has 1 aliphatic heterocycles. The highest BCUT2D eigenvalue weighted by molar-refractivity contribution is 6.35. The number of hydrogen-bond acceptors (Lipinski definition) is 3. The molecule has 1 aromatic heterocycles. The van der Waals surface area contributed by atoms with Gasteiger partial charge in [-0.05, 0) is 17.7 Å². The fraction of sp³-hybridized carbons (Fsp3) is 0.400. The Morgan fingerprint density at radius 1 is 1.24 bits per heavy atom. The smallest absolute Gasteiger partial charge is 0.232 e. The third kappa shape index (κ3) is 3.90. The van der Waals surface area contributed by atoms with Crippen LogP contribution in [-0.4, -0.2) is 29.1 Å². The van der Waals surface area contributed by atoms with Crippen LogP contribution >= 0.6 is 23.2 Å². The second-order valence-electron chi connectivity index (χ2n) is 5.02. The largest absolute Gasteiger partial charge is 0.473 e. The van der Waals surface area contributed by atoms with Crippen LogP contribution < -0.4 is 4.74 Å². The van der Waals surface area contributed by atoms with Gasteiger partial charge in [0.1, 0.15) is 6.10 Å². The van der Waals surface area contributed by atoms with E-state index >= 15 is 0 Å². The molecule has 0 N–H and O–H groups in total. The first kappa shape index (κ1) is 14.7. The predicted molar refractivity (Wildman–Crippen MR) is 82.3 cm³/mol. The molecule has 0 unspecified atom stereocenters. The van der Waals surface area contributed by atoms with E-state index in [1.54, 1.807) is 6.07 Å². The fourth-order valence-electron chi connectivity index (χ4n) is 2.28. The second-order valence-corrected chi connectivity index (χ2v) is 5.86. The van der Waals surface area contributed by atoms with Crippen molar-refractivity contribution in [3.63, 3.8) is 0 Å². The number of aromatic nitrogens is 2. The van der Waals surface area contributed by atoms with E-state index in [9.17, 15) is 0 Å². The summed E-state index contributed by atoms with van der Waals surface area (Å²) in [5, 5.41) is 5.70. The normalized spacial score (nSPS) is 16.1. The Labute approximate surface area is 133 Å². The van der Waals surface area contributed by atoms with Crippen LogP contribution in [0.5, 0.6) is 5.88 Å². The van der Waals surface area contributed by atoms with Gasteiger partial charge in [-0.1, -0.05) is 29.3 Å². The van der Waals surface area contributed by atoms with E-state index in [-0.39, 0.29) is 6.10 Å². The van der Waals surface area contributed by atoms with E-state index in [0.717, 1.165) is 31.6 Å². The van der Waals surface area contributed by atoms with Crippen molar-refractivity contribution < 1.29 is 9.47 Å². The highest BCUT2D eigenvalue weighted by Crippen LogP contribution is 2.22. The maximum absolute atomic E-state index is 6.17. The lowest BCUT2D eigenvalue weighted by molar-refractivity contribution is 0.0235. The number of hydrogen-bond donors (Lipinski definition) is 0. The third-order valence-corrected chi connectivity index (χ3v) is 4.01. The van der Waals surface area contributed by atoms with Gasteiger partial charge in [0, 0.05) is 35.2 Å². The van der Waals surface area contributed by atoms with Crippen molar-refractivity contribution in [1.82, 2.24) is 9.78 Å². The van der Waals surface area contributed by atoms with E-state index in [0.29, 0.717) is 22.5 Å². The van der Waals surface area contributed by atoms with Crippen molar-refractivity contribution in [2.45, 2.75) is 25.5 Å². The van der Waals surface area contributed by atoms with Crippen molar-refractivity contribution >= 4 is 23.2 Å². The highest BCUT2D eigenvalue weighted by atomic mass is 35.5. The van der Waals surface area contributed by atoms with E-state index < -0.39 is 0 Å². The Morgan fingerprint density at radius 2 is 2.05 bits per heavy atom. The van der Waals surface area contributed by atoms with Crippen LogP contribution in [0, 0.1) is 0 Å². The highest BCUT2D eigenvalue weighted by Gasteiger charge is 2.16. The summed E-state index contributed by atoms with van der Waals surface area (Å²) in [5.41, 5.74) is 0.974. The first-order valence-electron chi connectivity index (χ1n) is 6.92. The van der Waals surface area contributed by atoms with Crippen LogP contribution in [0.15, 0.2) is 30.5 Å². The minimum Gasteiger partial charge on any atom is -0.473 e. The molecule has 4 nitrogen and oxygen atoms in total. The van der Waals surface area contributed by atoms with Crippen molar-refractivity contribution in [3.8, 4) is 5.88 Å². The van der Waals surface area contributed by atoms with Gasteiger partial charge in [-0.3, -0.25) is 4.68 Å². The van der Waals surface area contributed by atoms with E-state index in [2.05, 4.69) is 5.10 Å². The van der Waals surface area contributed by atoms with Gasteiger partial charge in [0.25, 0.3) is 0 Å². The minimum atomic E-state index is 0.196. The summed E-state index contributed by atoms with van der Waals surface area (Å²) in [7, 11) is 0. The Morgan fingerprint density at radius 3 is 2.81 bits per heavy atom. The molecule has 0 atom stereocenters. The van der Waals surface area contributed by atoms with Gasteiger partial charge in [0.05, 0.1) is 19.8 Å². The summed E-state index contributed by atoms with van der Waals surface area (Å²) < 4.78 is 13.0. The molecule has 0 radical (unpaired) electrons. The fourth-order valence-corrected chi connectivity index (χ4v) is 2.75. The van der Waals surface area contributed by atoms with Crippen molar-refractivity contribution in [2.24, 2.45) is 0 Å². The quantitative estimate of drug-likeness (QED) is 0.857. The summed E-state index contributed by atoms with van der Waals surface area (Å²) in [6.45, 7) is 2.10. The maximum atomic E-state index is 6.17. The van der Waals surface area contributed by atoms with E-state index in [1.807, 2.05) is 29.1 Å². The van der Waals surface area contributed by atoms with Gasteiger partial charge >= 0.3 is 0 Å². The standard InChI is InChI=1S/C15H16Cl2N2O2/c16-12-2-1-11(14(17)9-12)10-19-6-3-15(18-19)21-13-4-7-20-8-5-13/h1-3,6,9,13H,4-5,7-8,10H2. The molecule has 2 aromatic rings. The van der Waals surface area contributed by atoms with Gasteiger partial charge < -0.3 is 9.47 Å². The molecule has 0 bridgehead atoms. The first-order chi connectivity index (χ1) is 10.2. The summed E-state index contributed by atoms with van der Waals surface area (Å²) >= 11 is 12.1. The summed E-state index contributed by atoms with van der Waals surface area (Å²) in [6, 6.07) is 7.34. The van der Waals surface area contributed by atoms with Crippen molar-refractivity contribution in [2.75, 3.05) is 13.2 Å². The molecule has 6 heteroatoms. The second kappa shape index (κ2) is 6.69. The molecule has 0 amide bonds. The molecule has 112 valence electrons. The van der Waals surface area contributed by atoms with Gasteiger partial charge in [-0.25, -0.2) is 0 Å². The molecular formula is C15H16Cl2N2O2. The minimum absolute atomic E-state index is 0.196. The van der Waals surface area contributed by atoms with Crippen LogP contribution in [0.2, 0.25) is 10.0 Å². The van der Waals surface area contributed by atoms with Gasteiger partial charge in [-0.2, -0.15) is 0 Å². The maximum Gasteiger partial charge on any atom is 0.232 e. The summed E-state index contributed by atoms with van der Waals surface area (Å²) in [4.78, 5) is 0. The molecule has 0 saturated carbocycles. The number of ether oxygens (including phenoxy) is 2. The van der Waals surface area contributed by atoms with E-state index in [1.165, 1.54) is 0 Å². The Bertz CT molecular complexity index is 609. The zero-order chi connectivity index (χ0) is 14.7. The predicted octanol–water partition coefficient (Wildman–Crippen LogP) is 3.80. The van der Waals surface area contributed by atoms with E-state index in [4.69, 9.17) is 32.7 Å². The Kier molecular flexibility index (Phi) is 4.68. The van der Waals surface area contributed by atoms with Gasteiger partial charge in [0.15, 0.2) is 0 Å². The van der Waals surface area contributed by atoms with Crippen LogP contribution in [-0.2, 0) is 11.3 Å². The summed E-state index contributed by atoms with van der Waals surface area (Å²) in [5.74, 6) is 0.645. The SMILES string of the molecule is Clc1ccc(Cn2ccc(OC3CCOCC3)n2)c(Cl)c1. The topological polar surface area (TPSA) is 36.3 Å². The number of rotatable bonds is 4. The molecule has 1 aromatic carbocycles. The zero-order valence-corrected chi connectivity index (χ0v) is 13.0. The van der Waals surface area contributed by atoms with Crippen molar-refractivity contribution in [1.29, 1.82) is 0 Å². The molecule has 0 aliphatic carbocycles. The number of halogens is 2. The lowest BCUT2D eigenvalue weighted by atomic mass is 10.2. The van der Waals surface area contributed by atoms with Crippen LogP contribution in [0.4, 0.5) is 0 Å². The molecule has 2 heterocycles.